The summed E-state index contributed by atoms with van der Waals surface area (Å²) in [6, 6.07) is 0. The van der Waals surface area contributed by atoms with Crippen LogP contribution in [0.15, 0.2) is 11.6 Å². The zero-order chi connectivity index (χ0) is 56.4. The molecule has 13 N–H and O–H groups in total. The summed E-state index contributed by atoms with van der Waals surface area (Å²) in [5.41, 5.74) is -1.19. The maximum absolute atomic E-state index is 15.1. The summed E-state index contributed by atoms with van der Waals surface area (Å²) in [7, 11) is 0. The van der Waals surface area contributed by atoms with Crippen LogP contribution in [0, 0.1) is 50.2 Å². The quantitative estimate of drug-likeness (QED) is 0.0676. The normalized spacial score (nSPS) is 53.4. The Hall–Kier alpha value is -2.08. The predicted molar refractivity (Wildman–Crippen MR) is 262 cm³/mol. The highest BCUT2D eigenvalue weighted by Gasteiger charge is 2.70. The van der Waals surface area contributed by atoms with Crippen molar-refractivity contribution in [2.24, 2.45) is 50.2 Å². The van der Waals surface area contributed by atoms with E-state index in [2.05, 4.69) is 54.5 Å². The molecule has 0 radical (unpaired) electrons. The Balaban J connectivity index is 0.893. The molecular formula is C54H86O23. The van der Waals surface area contributed by atoms with Gasteiger partial charge < -0.3 is 104 Å². The molecule has 0 amide bonds. The molecule has 0 aromatic carbocycles. The lowest BCUT2D eigenvalue weighted by Crippen LogP contribution is -2.66. The van der Waals surface area contributed by atoms with Crippen molar-refractivity contribution in [3.63, 3.8) is 0 Å². The third-order valence-corrected chi connectivity index (χ3v) is 21.3. The second kappa shape index (κ2) is 21.3. The molecule has 0 spiro atoms. The van der Waals surface area contributed by atoms with E-state index in [4.69, 9.17) is 37.9 Å². The number of carboxylic acids is 1. The van der Waals surface area contributed by atoms with E-state index in [9.17, 15) is 71.2 Å². The molecule has 9 rings (SSSR count). The topological polar surface area (TPSA) is 371 Å². The first-order valence-electron chi connectivity index (χ1n) is 27.7. The van der Waals surface area contributed by atoms with Crippen molar-refractivity contribution >= 4 is 11.9 Å². The van der Waals surface area contributed by atoms with Gasteiger partial charge in [0.2, 0.25) is 6.29 Å². The van der Waals surface area contributed by atoms with Crippen molar-refractivity contribution in [3.05, 3.63) is 11.6 Å². The molecule has 28 atom stereocenters. The van der Waals surface area contributed by atoms with Gasteiger partial charge in [-0.25, -0.2) is 4.79 Å². The predicted octanol–water partition coefficient (Wildman–Crippen LogP) is -0.915. The Morgan fingerprint density at radius 2 is 1.21 bits per heavy atom. The molecule has 5 aliphatic carbocycles. The molecule has 77 heavy (non-hydrogen) atoms. The van der Waals surface area contributed by atoms with Gasteiger partial charge in [-0.1, -0.05) is 60.1 Å². The van der Waals surface area contributed by atoms with Crippen molar-refractivity contribution in [3.8, 4) is 0 Å². The Morgan fingerprint density at radius 1 is 0.610 bits per heavy atom. The van der Waals surface area contributed by atoms with Crippen LogP contribution in [-0.4, -0.2) is 220 Å². The highest BCUT2D eigenvalue weighted by Crippen LogP contribution is 2.76. The van der Waals surface area contributed by atoms with Gasteiger partial charge in [0.15, 0.2) is 25.0 Å². The van der Waals surface area contributed by atoms with Gasteiger partial charge in [0, 0.05) is 0 Å². The minimum Gasteiger partial charge on any atom is -0.479 e. The van der Waals surface area contributed by atoms with Crippen LogP contribution >= 0.6 is 0 Å². The van der Waals surface area contributed by atoms with Crippen LogP contribution in [-0.2, 0) is 47.5 Å². The number of rotatable bonds is 11. The molecule has 9 aliphatic rings. The first kappa shape index (κ1) is 59.5. The van der Waals surface area contributed by atoms with Crippen LogP contribution in [0.1, 0.15) is 120 Å². The molecule has 4 aliphatic heterocycles. The fourth-order valence-electron chi connectivity index (χ4n) is 16.4. The van der Waals surface area contributed by atoms with Crippen molar-refractivity contribution in [2.75, 3.05) is 13.2 Å². The number of esters is 1. The van der Waals surface area contributed by atoms with Crippen LogP contribution < -0.4 is 0 Å². The summed E-state index contributed by atoms with van der Waals surface area (Å²) in [6.45, 7) is 15.8. The van der Waals surface area contributed by atoms with Crippen LogP contribution in [0.25, 0.3) is 0 Å². The Kier molecular flexibility index (Phi) is 16.5. The second-order valence-corrected chi connectivity index (χ2v) is 26.3. The van der Waals surface area contributed by atoms with Crippen molar-refractivity contribution in [1.29, 1.82) is 0 Å². The maximum atomic E-state index is 15.1. The SMILES string of the molecule is C[C@@H]1O[C@H](O[C@H]2[C@H](O)[C@@H](O)[C@@H](OC[C@H]3O[C@H](OC(=O)[C@]45CCC(C)(C)C[C@H]4C4=CC[C@@H]6[C@@]7(C)CC[C@H](O[C@@H]8O[C@H](C(=O)O)[C@@H](O)[C@H](O)[C@H]8O)C(C)(C)[C@@H]7CC[C@@]6(C)[C@]4(C)CC5)[C@H](O)[C@@H](O)[C@@H]3O)O[C@@H]2CO)[C@H](O)[C@H](O)[C@H]1O. The van der Waals surface area contributed by atoms with Gasteiger partial charge in [0.05, 0.1) is 30.8 Å². The molecule has 0 aromatic rings. The molecule has 8 fully saturated rings. The van der Waals surface area contributed by atoms with E-state index in [-0.39, 0.29) is 39.4 Å². The van der Waals surface area contributed by atoms with E-state index in [1.807, 2.05) is 0 Å². The number of hydrogen-bond donors (Lipinski definition) is 13. The number of allylic oxidation sites excluding steroid dienone is 2. The summed E-state index contributed by atoms with van der Waals surface area (Å²) in [6.07, 6.45) is -24.4. The van der Waals surface area contributed by atoms with Crippen LogP contribution in [0.3, 0.4) is 0 Å². The molecule has 23 nitrogen and oxygen atoms in total. The Morgan fingerprint density at radius 3 is 1.87 bits per heavy atom. The number of fused-ring (bicyclic) bond motifs is 7. The molecule has 4 saturated heterocycles. The lowest BCUT2D eigenvalue weighted by Gasteiger charge is -2.71. The van der Waals surface area contributed by atoms with E-state index in [0.717, 1.165) is 25.7 Å². The fourth-order valence-corrected chi connectivity index (χ4v) is 16.4. The number of carbonyl (C=O) groups excluding carboxylic acids is 1. The van der Waals surface area contributed by atoms with Gasteiger partial charge in [-0.2, -0.15) is 0 Å². The lowest BCUT2D eigenvalue weighted by molar-refractivity contribution is -0.361. The summed E-state index contributed by atoms with van der Waals surface area (Å²) in [4.78, 5) is 27.0. The van der Waals surface area contributed by atoms with Gasteiger partial charge in [0.1, 0.15) is 85.5 Å². The lowest BCUT2D eigenvalue weighted by atomic mass is 9.33. The third-order valence-electron chi connectivity index (χ3n) is 21.3. The standard InChI is InChI=1S/C54H86O23/c1-22-30(56)32(58)37(63)45(71-22)75-41-25(20-55)72-44(40(66)36(41)62)70-21-26-31(57)33(59)38(64)46(73-26)77-48(69)54-17-15-49(2,3)19-24(54)23-9-10-28-51(6)13-12-29(74-47-39(65)34(60)35(61)42(76-47)43(67)68)50(4,5)27(51)11-14-53(28,8)52(23,7)16-18-54/h9,22,24-42,44-47,55-66H,10-21H2,1-8H3,(H,67,68)/t22-,24-,25+,26+,27-,28+,29-,30-,31+,32+,33-,34-,35-,36+,37+,38+,39+,40+,41+,42-,44-,45+,46+,47+,51-,52+,53+,54-/m0/s1. The summed E-state index contributed by atoms with van der Waals surface area (Å²) in [5, 5.41) is 138. The van der Waals surface area contributed by atoms with Crippen LogP contribution in [0.5, 0.6) is 0 Å². The molecule has 0 bridgehead atoms. The van der Waals surface area contributed by atoms with Gasteiger partial charge in [-0.05, 0) is 116 Å². The van der Waals surface area contributed by atoms with Gasteiger partial charge in [-0.3, -0.25) is 4.79 Å². The molecule has 440 valence electrons. The van der Waals surface area contributed by atoms with Crippen molar-refractivity contribution in [2.45, 2.75) is 249 Å². The average molecular weight is 1100 g/mol. The first-order chi connectivity index (χ1) is 35.9. The van der Waals surface area contributed by atoms with E-state index in [1.54, 1.807) is 0 Å². The van der Waals surface area contributed by atoms with E-state index >= 15 is 4.79 Å². The number of aliphatic hydroxyl groups excluding tert-OH is 12. The minimum absolute atomic E-state index is 0.139. The second-order valence-electron chi connectivity index (χ2n) is 26.3. The first-order valence-corrected chi connectivity index (χ1v) is 27.7. The Labute approximate surface area is 448 Å². The molecule has 0 aromatic heterocycles. The number of aliphatic hydroxyl groups is 12. The van der Waals surface area contributed by atoms with E-state index < -0.39 is 165 Å². The summed E-state index contributed by atoms with van der Waals surface area (Å²) >= 11 is 0. The van der Waals surface area contributed by atoms with Crippen LogP contribution in [0.2, 0.25) is 0 Å². The van der Waals surface area contributed by atoms with Crippen LogP contribution in [0.4, 0.5) is 0 Å². The van der Waals surface area contributed by atoms with Crippen molar-refractivity contribution in [1.82, 2.24) is 0 Å². The van der Waals surface area contributed by atoms with E-state index in [1.165, 1.54) is 12.5 Å². The third kappa shape index (κ3) is 9.76. The zero-order valence-corrected chi connectivity index (χ0v) is 45.3. The number of ether oxygens (including phenoxy) is 8. The fraction of sp³-hybridized carbons (Fsp3) is 0.926. The largest absolute Gasteiger partial charge is 0.479 e. The smallest absolute Gasteiger partial charge is 0.335 e. The molecule has 4 heterocycles. The van der Waals surface area contributed by atoms with Gasteiger partial charge >= 0.3 is 11.9 Å². The molecule has 0 unspecified atom stereocenters. The van der Waals surface area contributed by atoms with Gasteiger partial charge in [-0.15, -0.1) is 0 Å². The zero-order valence-electron chi connectivity index (χ0n) is 45.3. The number of carbonyl (C=O) groups is 2. The Bertz CT molecular complexity index is 2180. The molecule has 23 heteroatoms. The highest BCUT2D eigenvalue weighted by atomic mass is 16.8. The molecule has 4 saturated carbocycles. The summed E-state index contributed by atoms with van der Waals surface area (Å²) in [5.74, 6) is -1.97. The maximum Gasteiger partial charge on any atom is 0.335 e. The highest BCUT2D eigenvalue weighted by molar-refractivity contribution is 5.79. The summed E-state index contributed by atoms with van der Waals surface area (Å²) < 4.78 is 46.8. The minimum atomic E-state index is -1.88. The van der Waals surface area contributed by atoms with E-state index in [0.29, 0.717) is 38.5 Å². The number of hydrogen-bond acceptors (Lipinski definition) is 22. The van der Waals surface area contributed by atoms with Crippen molar-refractivity contribution < 1.29 is 114 Å². The van der Waals surface area contributed by atoms with Gasteiger partial charge in [0.25, 0.3) is 0 Å². The number of carboxylic acid groups (broad SMARTS) is 1. The number of aliphatic carboxylic acids is 1. The molecular weight excluding hydrogens is 1020 g/mol. The monoisotopic (exact) mass is 1100 g/mol. The average Bonchev–Trinajstić information content (AvgIpc) is 3.48.